The predicted molar refractivity (Wildman–Crippen MR) is 68.4 cm³/mol. The van der Waals surface area contributed by atoms with Gasteiger partial charge in [-0.1, -0.05) is 0 Å². The second-order valence-corrected chi connectivity index (χ2v) is 4.59. The number of hydrogen-bond donors (Lipinski definition) is 1. The Morgan fingerprint density at radius 3 is 2.74 bits per heavy atom. The Hall–Kier alpha value is -2.12. The molecular formula is C12H10N3O3S-. The Kier molecular flexibility index (Phi) is 3.98. The molecule has 0 radical (unpaired) electrons. The van der Waals surface area contributed by atoms with Gasteiger partial charge in [0.15, 0.2) is 0 Å². The Morgan fingerprint density at radius 2 is 2.11 bits per heavy atom. The predicted octanol–water partition coefficient (Wildman–Crippen LogP) is 1.28. The first-order valence-electron chi connectivity index (χ1n) is 5.36. The Labute approximate surface area is 112 Å². The zero-order chi connectivity index (χ0) is 13.8. The molecule has 2 rings (SSSR count). The van der Waals surface area contributed by atoms with Crippen molar-refractivity contribution < 1.29 is 13.6 Å². The molecule has 7 heteroatoms. The fourth-order valence-electron chi connectivity index (χ4n) is 1.42. The van der Waals surface area contributed by atoms with Gasteiger partial charge in [0.1, 0.15) is 5.03 Å². The molecule has 0 bridgehead atoms. The number of anilines is 1. The van der Waals surface area contributed by atoms with Crippen LogP contribution in [0.2, 0.25) is 0 Å². The maximum atomic E-state index is 11.9. The van der Waals surface area contributed by atoms with Crippen molar-refractivity contribution in [3.05, 3.63) is 47.9 Å². The lowest BCUT2D eigenvalue weighted by Crippen LogP contribution is -2.14. The number of carbonyl (C=O) groups excluding carboxylic acids is 1. The molecule has 0 fully saturated rings. The highest BCUT2D eigenvalue weighted by molar-refractivity contribution is 7.79. The van der Waals surface area contributed by atoms with Gasteiger partial charge in [-0.05, 0) is 42.3 Å². The molecule has 0 saturated heterocycles. The number of nitrogens with one attached hydrogen (secondary N) is 1. The normalized spacial score (nSPS) is 11.9. The summed E-state index contributed by atoms with van der Waals surface area (Å²) in [5.74, 6) is -0.438. The van der Waals surface area contributed by atoms with Crippen LogP contribution in [0.4, 0.5) is 5.69 Å². The molecule has 19 heavy (non-hydrogen) atoms. The van der Waals surface area contributed by atoms with E-state index in [-0.39, 0.29) is 10.7 Å². The minimum Gasteiger partial charge on any atom is -0.767 e. The second kappa shape index (κ2) is 5.68. The number of aromatic nitrogens is 2. The molecule has 0 spiro atoms. The van der Waals surface area contributed by atoms with Crippen molar-refractivity contribution in [1.82, 2.24) is 9.97 Å². The van der Waals surface area contributed by atoms with Crippen molar-refractivity contribution in [3.63, 3.8) is 0 Å². The lowest BCUT2D eigenvalue weighted by Gasteiger charge is -2.11. The Morgan fingerprint density at radius 1 is 1.32 bits per heavy atom. The van der Waals surface area contributed by atoms with Crippen LogP contribution in [0.3, 0.4) is 0 Å². The highest BCUT2D eigenvalue weighted by Gasteiger charge is 2.10. The van der Waals surface area contributed by atoms with Gasteiger partial charge in [0.2, 0.25) is 0 Å². The van der Waals surface area contributed by atoms with Crippen molar-refractivity contribution in [2.45, 2.75) is 11.9 Å². The van der Waals surface area contributed by atoms with Gasteiger partial charge in [0.25, 0.3) is 5.91 Å². The van der Waals surface area contributed by atoms with E-state index >= 15 is 0 Å². The topological polar surface area (TPSA) is 95.0 Å². The zero-order valence-corrected chi connectivity index (χ0v) is 10.8. The summed E-state index contributed by atoms with van der Waals surface area (Å²) in [5.41, 5.74) is 1.28. The maximum Gasteiger partial charge on any atom is 0.257 e. The number of amides is 1. The lowest BCUT2D eigenvalue weighted by atomic mass is 10.2. The third-order valence-electron chi connectivity index (χ3n) is 2.35. The molecule has 1 atom stereocenters. The van der Waals surface area contributed by atoms with Gasteiger partial charge in [-0.3, -0.25) is 14.0 Å². The summed E-state index contributed by atoms with van der Waals surface area (Å²) in [6.45, 7) is 1.81. The molecule has 0 aliphatic heterocycles. The molecule has 98 valence electrons. The van der Waals surface area contributed by atoms with E-state index in [9.17, 15) is 13.6 Å². The van der Waals surface area contributed by atoms with Gasteiger partial charge < -0.3 is 9.87 Å². The standard InChI is InChI=1S/C12H11N3O3S/c1-8-4-5-9(7-14-8)11(16)15-10-3-2-6-13-12(10)19(17)18/h2-7H,1H3,(H,15,16)(H,17,18)/p-1. The maximum absolute atomic E-state index is 11.9. The van der Waals surface area contributed by atoms with Gasteiger partial charge >= 0.3 is 0 Å². The Balaban J connectivity index is 2.24. The van der Waals surface area contributed by atoms with E-state index in [4.69, 9.17) is 0 Å². The molecule has 0 aromatic carbocycles. The van der Waals surface area contributed by atoms with E-state index in [1.165, 1.54) is 18.5 Å². The Bertz CT molecular complexity index is 628. The third-order valence-corrected chi connectivity index (χ3v) is 2.99. The van der Waals surface area contributed by atoms with Crippen molar-refractivity contribution >= 4 is 22.7 Å². The summed E-state index contributed by atoms with van der Waals surface area (Å²) in [6.07, 6.45) is 2.77. The quantitative estimate of drug-likeness (QED) is 0.852. The van der Waals surface area contributed by atoms with E-state index in [0.717, 1.165) is 5.69 Å². The van der Waals surface area contributed by atoms with Crippen LogP contribution in [-0.4, -0.2) is 24.6 Å². The molecular weight excluding hydrogens is 266 g/mol. The van der Waals surface area contributed by atoms with E-state index < -0.39 is 17.0 Å². The van der Waals surface area contributed by atoms with Crippen LogP contribution in [0.25, 0.3) is 0 Å². The van der Waals surface area contributed by atoms with Crippen molar-refractivity contribution in [2.75, 3.05) is 5.32 Å². The van der Waals surface area contributed by atoms with Crippen LogP contribution in [0, 0.1) is 6.92 Å². The molecule has 2 aromatic heterocycles. The minimum atomic E-state index is -2.51. The number of nitrogens with zero attached hydrogens (tertiary/aromatic N) is 2. The molecule has 6 nitrogen and oxygen atoms in total. The van der Waals surface area contributed by atoms with Crippen LogP contribution >= 0.6 is 0 Å². The SMILES string of the molecule is Cc1ccc(C(=O)Nc2cccnc2S(=O)[O-])cn1. The first-order chi connectivity index (χ1) is 9.08. The van der Waals surface area contributed by atoms with Crippen molar-refractivity contribution in [2.24, 2.45) is 0 Å². The van der Waals surface area contributed by atoms with E-state index in [1.807, 2.05) is 6.92 Å². The summed E-state index contributed by atoms with van der Waals surface area (Å²) in [7, 11) is 0. The van der Waals surface area contributed by atoms with Crippen molar-refractivity contribution in [3.8, 4) is 0 Å². The van der Waals surface area contributed by atoms with Crippen LogP contribution in [-0.2, 0) is 11.1 Å². The van der Waals surface area contributed by atoms with Crippen LogP contribution in [0.15, 0.2) is 41.7 Å². The average Bonchev–Trinajstić information content (AvgIpc) is 2.39. The highest BCUT2D eigenvalue weighted by atomic mass is 32.2. The van der Waals surface area contributed by atoms with Gasteiger partial charge in [-0.25, -0.2) is 4.98 Å². The number of carbonyl (C=O) groups is 1. The minimum absolute atomic E-state index is 0.140. The fourth-order valence-corrected chi connectivity index (χ4v) is 1.86. The third kappa shape index (κ3) is 3.21. The first kappa shape index (κ1) is 13.3. The average molecular weight is 276 g/mol. The number of aryl methyl sites for hydroxylation is 1. The lowest BCUT2D eigenvalue weighted by molar-refractivity contribution is 0.102. The number of pyridine rings is 2. The molecule has 1 unspecified atom stereocenters. The summed E-state index contributed by atoms with van der Waals surface area (Å²) < 4.78 is 21.9. The monoisotopic (exact) mass is 276 g/mol. The first-order valence-corrected chi connectivity index (χ1v) is 6.43. The van der Waals surface area contributed by atoms with Crippen LogP contribution in [0.5, 0.6) is 0 Å². The molecule has 0 aliphatic rings. The zero-order valence-electron chi connectivity index (χ0n) is 9.99. The number of rotatable bonds is 3. The summed E-state index contributed by atoms with van der Waals surface area (Å²) in [5, 5.41) is 2.29. The summed E-state index contributed by atoms with van der Waals surface area (Å²) in [4.78, 5) is 19.6. The van der Waals surface area contributed by atoms with Crippen LogP contribution in [0.1, 0.15) is 16.1 Å². The summed E-state index contributed by atoms with van der Waals surface area (Å²) >= 11 is -2.51. The van der Waals surface area contributed by atoms with Gasteiger partial charge in [-0.15, -0.1) is 0 Å². The smallest absolute Gasteiger partial charge is 0.257 e. The molecule has 2 aromatic rings. The number of hydrogen-bond acceptors (Lipinski definition) is 5. The largest absolute Gasteiger partial charge is 0.767 e. The highest BCUT2D eigenvalue weighted by Crippen LogP contribution is 2.16. The van der Waals surface area contributed by atoms with Gasteiger partial charge in [-0.2, -0.15) is 0 Å². The van der Waals surface area contributed by atoms with Gasteiger partial charge in [0.05, 0.1) is 11.3 Å². The van der Waals surface area contributed by atoms with Gasteiger partial charge in [0, 0.05) is 18.1 Å². The second-order valence-electron chi connectivity index (χ2n) is 3.73. The van der Waals surface area contributed by atoms with E-state index in [0.29, 0.717) is 5.56 Å². The molecule has 0 aliphatic carbocycles. The van der Waals surface area contributed by atoms with E-state index in [1.54, 1.807) is 18.2 Å². The van der Waals surface area contributed by atoms with Crippen molar-refractivity contribution in [1.29, 1.82) is 0 Å². The fraction of sp³-hybridized carbons (Fsp3) is 0.0833. The molecule has 0 saturated carbocycles. The summed E-state index contributed by atoms with van der Waals surface area (Å²) in [6, 6.07) is 6.32. The molecule has 2 heterocycles. The molecule has 1 amide bonds. The van der Waals surface area contributed by atoms with Crippen LogP contribution < -0.4 is 5.32 Å². The molecule has 1 N–H and O–H groups in total. The van der Waals surface area contributed by atoms with E-state index in [2.05, 4.69) is 15.3 Å².